The second kappa shape index (κ2) is 5.27. The highest BCUT2D eigenvalue weighted by molar-refractivity contribution is 5.19. The molecular weight excluding hydrogens is 325 g/mol. The second-order valence-electron chi connectivity index (χ2n) is 9.97. The lowest BCUT2D eigenvalue weighted by Gasteiger charge is -2.61. The Labute approximate surface area is 149 Å². The Hall–Kier alpha value is -0.510. The van der Waals surface area contributed by atoms with E-state index >= 15 is 0 Å². The second-order valence-corrected chi connectivity index (χ2v) is 9.97. The summed E-state index contributed by atoms with van der Waals surface area (Å²) in [7, 11) is 0. The van der Waals surface area contributed by atoms with Crippen LogP contribution >= 0.6 is 0 Å². The van der Waals surface area contributed by atoms with Gasteiger partial charge in [-0.2, -0.15) is 13.2 Å². The van der Waals surface area contributed by atoms with E-state index in [1.165, 1.54) is 5.57 Å². The summed E-state index contributed by atoms with van der Waals surface area (Å²) in [5.41, 5.74) is -1.81. The van der Waals surface area contributed by atoms with Crippen LogP contribution in [0.2, 0.25) is 0 Å². The zero-order chi connectivity index (χ0) is 18.3. The van der Waals surface area contributed by atoms with Crippen molar-refractivity contribution >= 4 is 0 Å². The molecule has 0 aromatic carbocycles. The van der Waals surface area contributed by atoms with Crippen LogP contribution in [0.4, 0.5) is 13.2 Å². The van der Waals surface area contributed by atoms with Gasteiger partial charge in [0.25, 0.3) is 0 Å². The maximum atomic E-state index is 13.7. The summed E-state index contributed by atoms with van der Waals surface area (Å²) in [5.74, 6) is 1.57. The molecule has 25 heavy (non-hydrogen) atoms. The van der Waals surface area contributed by atoms with Gasteiger partial charge in [-0.1, -0.05) is 25.5 Å². The van der Waals surface area contributed by atoms with Crippen LogP contribution in [0.15, 0.2) is 11.6 Å². The number of aliphatic hydroxyl groups is 1. The van der Waals surface area contributed by atoms with Crippen LogP contribution in [0.3, 0.4) is 0 Å². The lowest BCUT2D eigenvalue weighted by molar-refractivity contribution is -0.304. The quantitative estimate of drug-likeness (QED) is 0.538. The lowest BCUT2D eigenvalue weighted by Crippen LogP contribution is -2.60. The molecule has 1 N–H and O–H groups in total. The first-order valence-electron chi connectivity index (χ1n) is 9.98. The van der Waals surface area contributed by atoms with Crippen LogP contribution in [0.1, 0.15) is 72.1 Å². The summed E-state index contributed by atoms with van der Waals surface area (Å²) in [4.78, 5) is 0. The molecule has 0 radical (unpaired) electrons. The molecule has 7 atom stereocenters. The van der Waals surface area contributed by atoms with Crippen molar-refractivity contribution in [1.29, 1.82) is 0 Å². The minimum Gasteiger partial charge on any atom is -0.380 e. The Bertz CT molecular complexity index is 596. The highest BCUT2D eigenvalue weighted by Crippen LogP contribution is 2.70. The van der Waals surface area contributed by atoms with Gasteiger partial charge in [0.05, 0.1) is 0 Å². The number of halogens is 3. The van der Waals surface area contributed by atoms with E-state index < -0.39 is 17.2 Å². The third kappa shape index (κ3) is 2.18. The van der Waals surface area contributed by atoms with Gasteiger partial charge in [-0.15, -0.1) is 0 Å². The molecule has 4 aliphatic carbocycles. The monoisotopic (exact) mass is 356 g/mol. The molecule has 4 aliphatic rings. The molecule has 0 bridgehead atoms. The highest BCUT2D eigenvalue weighted by atomic mass is 19.4. The molecule has 4 rings (SSSR count). The van der Waals surface area contributed by atoms with E-state index in [1.54, 1.807) is 6.92 Å². The van der Waals surface area contributed by atoms with E-state index in [1.807, 2.05) is 0 Å². The lowest BCUT2D eigenvalue weighted by atomic mass is 9.44. The summed E-state index contributed by atoms with van der Waals surface area (Å²) < 4.78 is 41.2. The van der Waals surface area contributed by atoms with Crippen molar-refractivity contribution in [1.82, 2.24) is 0 Å². The molecule has 0 spiro atoms. The minimum absolute atomic E-state index is 0.0156. The summed E-state index contributed by atoms with van der Waals surface area (Å²) in [5, 5.41) is 10.7. The van der Waals surface area contributed by atoms with E-state index in [0.29, 0.717) is 30.6 Å². The third-order valence-electron chi connectivity index (χ3n) is 9.10. The average Bonchev–Trinajstić information content (AvgIpc) is 2.79. The first kappa shape index (κ1) is 17.9. The fraction of sp³-hybridized carbons (Fsp3) is 0.905. The van der Waals surface area contributed by atoms with Crippen LogP contribution in [-0.4, -0.2) is 16.9 Å². The van der Waals surface area contributed by atoms with Gasteiger partial charge in [-0.3, -0.25) is 0 Å². The molecule has 0 aromatic rings. The Balaban J connectivity index is 1.68. The van der Waals surface area contributed by atoms with Crippen LogP contribution < -0.4 is 0 Å². The number of hydrogen-bond acceptors (Lipinski definition) is 1. The van der Waals surface area contributed by atoms with Crippen molar-refractivity contribution in [2.45, 2.75) is 83.9 Å². The van der Waals surface area contributed by atoms with Crippen LogP contribution in [-0.2, 0) is 0 Å². The van der Waals surface area contributed by atoms with Crippen molar-refractivity contribution in [3.05, 3.63) is 11.6 Å². The van der Waals surface area contributed by atoms with Crippen LogP contribution in [0.25, 0.3) is 0 Å². The number of fused-ring (bicyclic) bond motifs is 5. The molecule has 0 heterocycles. The largest absolute Gasteiger partial charge is 0.417 e. The van der Waals surface area contributed by atoms with Crippen molar-refractivity contribution in [2.75, 3.05) is 0 Å². The Morgan fingerprint density at radius 2 is 1.72 bits per heavy atom. The maximum absolute atomic E-state index is 13.7. The fourth-order valence-electron chi connectivity index (χ4n) is 7.70. The van der Waals surface area contributed by atoms with Gasteiger partial charge in [0, 0.05) is 5.41 Å². The molecule has 142 valence electrons. The molecule has 3 saturated carbocycles. The SMILES string of the molecule is CC1=CC[C@H]2CCC3C4CC[C@@](O)(C(F)(F)F)[C@@]4(C)CCC3[C@@]2(C)C1. The van der Waals surface area contributed by atoms with E-state index in [0.717, 1.165) is 32.1 Å². The van der Waals surface area contributed by atoms with Gasteiger partial charge < -0.3 is 5.11 Å². The fourth-order valence-corrected chi connectivity index (χ4v) is 7.70. The topological polar surface area (TPSA) is 20.2 Å². The zero-order valence-corrected chi connectivity index (χ0v) is 15.6. The standard InChI is InChI=1S/C21H31F3O/c1-13-4-5-14-6-7-15-16(18(14,2)12-13)8-10-19(3)17(15)9-11-20(19,25)21(22,23)24/h4,14-17,25H,5-12H2,1-3H3/t14-,15?,16?,17?,18-,19-,20-/m0/s1. The number of alkyl halides is 3. The first-order chi connectivity index (χ1) is 11.5. The van der Waals surface area contributed by atoms with Crippen LogP contribution in [0.5, 0.6) is 0 Å². The smallest absolute Gasteiger partial charge is 0.380 e. The predicted molar refractivity (Wildman–Crippen MR) is 91.9 cm³/mol. The summed E-state index contributed by atoms with van der Waals surface area (Å²) >= 11 is 0. The maximum Gasteiger partial charge on any atom is 0.417 e. The van der Waals surface area contributed by atoms with Crippen molar-refractivity contribution < 1.29 is 18.3 Å². The predicted octanol–water partition coefficient (Wildman–Crippen LogP) is 5.88. The summed E-state index contributed by atoms with van der Waals surface area (Å²) in [6.07, 6.45) is 4.06. The van der Waals surface area contributed by atoms with Gasteiger partial charge >= 0.3 is 6.18 Å². The molecule has 3 unspecified atom stereocenters. The highest BCUT2D eigenvalue weighted by Gasteiger charge is 2.72. The summed E-state index contributed by atoms with van der Waals surface area (Å²) in [6, 6.07) is 0. The minimum atomic E-state index is -4.52. The van der Waals surface area contributed by atoms with E-state index in [2.05, 4.69) is 19.9 Å². The first-order valence-corrected chi connectivity index (χ1v) is 9.98. The molecule has 1 nitrogen and oxygen atoms in total. The normalized spacial score (nSPS) is 52.8. The number of hydrogen-bond donors (Lipinski definition) is 1. The average molecular weight is 356 g/mol. The Morgan fingerprint density at radius 1 is 1.04 bits per heavy atom. The van der Waals surface area contributed by atoms with E-state index in [-0.39, 0.29) is 17.8 Å². The van der Waals surface area contributed by atoms with Crippen molar-refractivity contribution in [3.63, 3.8) is 0 Å². The molecule has 3 fully saturated rings. The summed E-state index contributed by atoms with van der Waals surface area (Å²) in [6.45, 7) is 6.34. The van der Waals surface area contributed by atoms with E-state index in [4.69, 9.17) is 0 Å². The molecule has 0 saturated heterocycles. The number of rotatable bonds is 0. The Morgan fingerprint density at radius 3 is 2.40 bits per heavy atom. The van der Waals surface area contributed by atoms with Gasteiger partial charge in [0.15, 0.2) is 5.60 Å². The molecule has 0 amide bonds. The van der Waals surface area contributed by atoms with E-state index in [9.17, 15) is 18.3 Å². The van der Waals surface area contributed by atoms with Crippen molar-refractivity contribution in [2.24, 2.45) is 34.5 Å². The van der Waals surface area contributed by atoms with Gasteiger partial charge in [0.1, 0.15) is 0 Å². The molecular formula is C21H31F3O. The molecule has 0 aliphatic heterocycles. The third-order valence-corrected chi connectivity index (χ3v) is 9.10. The van der Waals surface area contributed by atoms with Gasteiger partial charge in [-0.05, 0) is 87.4 Å². The zero-order valence-electron chi connectivity index (χ0n) is 15.6. The van der Waals surface area contributed by atoms with Crippen molar-refractivity contribution in [3.8, 4) is 0 Å². The van der Waals surface area contributed by atoms with Gasteiger partial charge in [-0.25, -0.2) is 0 Å². The Kier molecular flexibility index (Phi) is 3.77. The molecule has 4 heteroatoms. The van der Waals surface area contributed by atoms with Crippen LogP contribution in [0, 0.1) is 34.5 Å². The molecule has 0 aromatic heterocycles. The number of allylic oxidation sites excluding steroid dienone is 2. The van der Waals surface area contributed by atoms with Gasteiger partial charge in [0.2, 0.25) is 0 Å².